The number of aliphatic hydroxyl groups excluding tert-OH is 1. The summed E-state index contributed by atoms with van der Waals surface area (Å²) in [5.74, 6) is 0.362. The third kappa shape index (κ3) is 4.94. The van der Waals surface area contributed by atoms with Crippen LogP contribution in [0.1, 0.15) is 18.4 Å². The van der Waals surface area contributed by atoms with Crippen LogP contribution in [-0.2, 0) is 20.1 Å². The summed E-state index contributed by atoms with van der Waals surface area (Å²) in [6, 6.07) is 5.56. The van der Waals surface area contributed by atoms with Gasteiger partial charge in [-0.2, -0.15) is 11.8 Å². The molecular weight excluding hydrogens is 321 g/mol. The molecule has 0 aromatic heterocycles. The molecule has 5 nitrogen and oxygen atoms in total. The van der Waals surface area contributed by atoms with Crippen LogP contribution >= 0.6 is 11.8 Å². The lowest BCUT2D eigenvalue weighted by atomic mass is 10.2. The fourth-order valence-corrected chi connectivity index (χ4v) is 3.41. The fraction of sp³-hybridized carbons (Fsp3) is 0.500. The minimum atomic E-state index is -0.690. The Balaban J connectivity index is 1.77. The predicted molar refractivity (Wildman–Crippen MR) is 85.3 cm³/mol. The SMILES string of the molecule is COC(=O)[C@@H]1C[C@@H](O)CN1C(=O)CCSCc1ccc(F)cc1. The van der Waals surface area contributed by atoms with Gasteiger partial charge in [-0.15, -0.1) is 0 Å². The Morgan fingerprint density at radius 1 is 1.39 bits per heavy atom. The molecule has 0 saturated carbocycles. The zero-order chi connectivity index (χ0) is 16.8. The number of β-amino-alcohol motifs (C(OH)–C–C–N with tert-alkyl or cyclic N) is 1. The van der Waals surface area contributed by atoms with Crippen LogP contribution in [0.4, 0.5) is 4.39 Å². The van der Waals surface area contributed by atoms with Crippen LogP contribution in [0.5, 0.6) is 0 Å². The second-order valence-electron chi connectivity index (χ2n) is 5.40. The summed E-state index contributed by atoms with van der Waals surface area (Å²) in [5.41, 5.74) is 0.993. The van der Waals surface area contributed by atoms with E-state index in [0.717, 1.165) is 5.56 Å². The summed E-state index contributed by atoms with van der Waals surface area (Å²) in [4.78, 5) is 25.3. The van der Waals surface area contributed by atoms with Gasteiger partial charge in [0.25, 0.3) is 0 Å². The molecule has 0 radical (unpaired) electrons. The molecule has 126 valence electrons. The molecule has 23 heavy (non-hydrogen) atoms. The lowest BCUT2D eigenvalue weighted by molar-refractivity contribution is -0.150. The summed E-state index contributed by atoms with van der Waals surface area (Å²) in [7, 11) is 1.27. The Hall–Kier alpha value is -1.60. The highest BCUT2D eigenvalue weighted by molar-refractivity contribution is 7.98. The molecule has 0 bridgehead atoms. The van der Waals surface area contributed by atoms with Crippen LogP contribution in [0.15, 0.2) is 24.3 Å². The van der Waals surface area contributed by atoms with Gasteiger partial charge in [0.15, 0.2) is 0 Å². The molecule has 0 aliphatic carbocycles. The number of aliphatic hydroxyl groups is 1. The fourth-order valence-electron chi connectivity index (χ4n) is 2.52. The molecule has 1 aromatic rings. The molecule has 1 aromatic carbocycles. The first-order chi connectivity index (χ1) is 11.0. The van der Waals surface area contributed by atoms with Crippen molar-refractivity contribution in [2.45, 2.75) is 30.7 Å². The first-order valence-corrected chi connectivity index (χ1v) is 8.54. The minimum absolute atomic E-state index is 0.163. The van der Waals surface area contributed by atoms with Gasteiger partial charge in [-0.25, -0.2) is 9.18 Å². The number of thioether (sulfide) groups is 1. The molecule has 2 atom stereocenters. The second-order valence-corrected chi connectivity index (χ2v) is 6.51. The second kappa shape index (κ2) is 8.31. The lowest BCUT2D eigenvalue weighted by Gasteiger charge is -2.22. The largest absolute Gasteiger partial charge is 0.467 e. The van der Waals surface area contributed by atoms with Crippen molar-refractivity contribution >= 4 is 23.6 Å². The topological polar surface area (TPSA) is 66.8 Å². The van der Waals surface area contributed by atoms with Gasteiger partial charge in [0.2, 0.25) is 5.91 Å². The minimum Gasteiger partial charge on any atom is -0.467 e. The van der Waals surface area contributed by atoms with E-state index < -0.39 is 18.1 Å². The smallest absolute Gasteiger partial charge is 0.328 e. The van der Waals surface area contributed by atoms with Gasteiger partial charge >= 0.3 is 5.97 Å². The number of nitrogens with zero attached hydrogens (tertiary/aromatic N) is 1. The van der Waals surface area contributed by atoms with Crippen molar-refractivity contribution in [3.63, 3.8) is 0 Å². The zero-order valence-corrected chi connectivity index (χ0v) is 13.7. The van der Waals surface area contributed by atoms with E-state index in [0.29, 0.717) is 11.5 Å². The molecule has 1 aliphatic heterocycles. The van der Waals surface area contributed by atoms with Crippen LogP contribution in [0, 0.1) is 5.82 Å². The Labute approximate surface area is 138 Å². The number of carbonyl (C=O) groups excluding carboxylic acids is 2. The predicted octanol–water partition coefficient (Wildman–Crippen LogP) is 1.58. The third-order valence-electron chi connectivity index (χ3n) is 3.71. The summed E-state index contributed by atoms with van der Waals surface area (Å²) in [6.45, 7) is 0.168. The molecule has 7 heteroatoms. The van der Waals surface area contributed by atoms with Gasteiger partial charge in [-0.3, -0.25) is 4.79 Å². The molecule has 0 unspecified atom stereocenters. The van der Waals surface area contributed by atoms with Crippen molar-refractivity contribution in [3.05, 3.63) is 35.6 Å². The van der Waals surface area contributed by atoms with Crippen LogP contribution in [0.3, 0.4) is 0 Å². The molecule has 1 aliphatic rings. The van der Waals surface area contributed by atoms with E-state index >= 15 is 0 Å². The standard InChI is InChI=1S/C16H20FNO4S/c1-22-16(21)14-8-13(19)9-18(14)15(20)6-7-23-10-11-2-4-12(17)5-3-11/h2-5,13-14,19H,6-10H2,1H3/t13-,14+/m1/s1. The highest BCUT2D eigenvalue weighted by atomic mass is 32.2. The Kier molecular flexibility index (Phi) is 6.41. The van der Waals surface area contributed by atoms with Gasteiger partial charge in [0, 0.05) is 30.9 Å². The summed E-state index contributed by atoms with van der Waals surface area (Å²) in [5, 5.41) is 9.67. The van der Waals surface area contributed by atoms with Crippen molar-refractivity contribution < 1.29 is 23.8 Å². The highest BCUT2D eigenvalue weighted by Crippen LogP contribution is 2.21. The number of hydrogen-bond donors (Lipinski definition) is 1. The van der Waals surface area contributed by atoms with E-state index in [9.17, 15) is 19.1 Å². The molecule has 1 fully saturated rings. The maximum atomic E-state index is 12.8. The highest BCUT2D eigenvalue weighted by Gasteiger charge is 2.39. The number of hydrogen-bond acceptors (Lipinski definition) is 5. The lowest BCUT2D eigenvalue weighted by Crippen LogP contribution is -2.41. The van der Waals surface area contributed by atoms with E-state index in [-0.39, 0.29) is 31.1 Å². The number of ether oxygens (including phenoxy) is 1. The van der Waals surface area contributed by atoms with Crippen molar-refractivity contribution in [2.75, 3.05) is 19.4 Å². The monoisotopic (exact) mass is 341 g/mol. The van der Waals surface area contributed by atoms with Crippen LogP contribution < -0.4 is 0 Å². The van der Waals surface area contributed by atoms with Gasteiger partial charge in [-0.05, 0) is 17.7 Å². The molecule has 1 N–H and O–H groups in total. The Morgan fingerprint density at radius 3 is 2.74 bits per heavy atom. The molecule has 0 spiro atoms. The van der Waals surface area contributed by atoms with Crippen molar-refractivity contribution in [1.29, 1.82) is 0 Å². The molecule has 1 heterocycles. The number of methoxy groups -OCH3 is 1. The number of amides is 1. The van der Waals surface area contributed by atoms with Gasteiger partial charge in [0.1, 0.15) is 11.9 Å². The average molecular weight is 341 g/mol. The van der Waals surface area contributed by atoms with Crippen molar-refractivity contribution in [2.24, 2.45) is 0 Å². The van der Waals surface area contributed by atoms with E-state index in [1.54, 1.807) is 23.9 Å². The number of benzene rings is 1. The number of likely N-dealkylation sites (tertiary alicyclic amines) is 1. The van der Waals surface area contributed by atoms with Gasteiger partial charge < -0.3 is 14.7 Å². The number of halogens is 1. The first-order valence-electron chi connectivity index (χ1n) is 7.39. The van der Waals surface area contributed by atoms with Crippen molar-refractivity contribution in [3.8, 4) is 0 Å². The summed E-state index contributed by atoms with van der Waals surface area (Å²) >= 11 is 1.57. The first kappa shape index (κ1) is 17.7. The van der Waals surface area contributed by atoms with Gasteiger partial charge in [-0.1, -0.05) is 12.1 Å². The maximum absolute atomic E-state index is 12.8. The summed E-state index contributed by atoms with van der Waals surface area (Å²) in [6.07, 6.45) is -0.178. The number of rotatable bonds is 6. The van der Waals surface area contributed by atoms with E-state index in [1.165, 1.54) is 24.1 Å². The normalized spacial score (nSPS) is 20.6. The Morgan fingerprint density at radius 2 is 2.09 bits per heavy atom. The third-order valence-corrected chi connectivity index (χ3v) is 4.75. The quantitative estimate of drug-likeness (QED) is 0.629. The molecule has 2 rings (SSSR count). The maximum Gasteiger partial charge on any atom is 0.328 e. The number of carbonyl (C=O) groups is 2. The summed E-state index contributed by atoms with van der Waals surface area (Å²) < 4.78 is 17.5. The molecular formula is C16H20FNO4S. The Bertz CT molecular complexity index is 552. The van der Waals surface area contributed by atoms with Crippen molar-refractivity contribution in [1.82, 2.24) is 4.90 Å². The van der Waals surface area contributed by atoms with E-state index in [2.05, 4.69) is 4.74 Å². The molecule has 1 saturated heterocycles. The van der Waals surface area contributed by atoms with Crippen LogP contribution in [0.25, 0.3) is 0 Å². The van der Waals surface area contributed by atoms with Crippen LogP contribution in [0.2, 0.25) is 0 Å². The zero-order valence-electron chi connectivity index (χ0n) is 12.9. The molecule has 1 amide bonds. The van der Waals surface area contributed by atoms with E-state index in [4.69, 9.17) is 0 Å². The van der Waals surface area contributed by atoms with Crippen LogP contribution in [-0.4, -0.2) is 53.4 Å². The number of esters is 1. The average Bonchev–Trinajstić information content (AvgIpc) is 2.94. The van der Waals surface area contributed by atoms with Gasteiger partial charge in [0.05, 0.1) is 13.2 Å². The van der Waals surface area contributed by atoms with E-state index in [1.807, 2.05) is 0 Å².